The van der Waals surface area contributed by atoms with Crippen LogP contribution in [0.1, 0.15) is 35.6 Å². The molecule has 36 heavy (non-hydrogen) atoms. The molecule has 0 unspecified atom stereocenters. The second-order valence-corrected chi connectivity index (χ2v) is 8.83. The van der Waals surface area contributed by atoms with Crippen LogP contribution in [0.15, 0.2) is 54.6 Å². The highest BCUT2D eigenvalue weighted by Gasteiger charge is 2.35. The van der Waals surface area contributed by atoms with Crippen molar-refractivity contribution in [2.45, 2.75) is 24.9 Å². The summed E-state index contributed by atoms with van der Waals surface area (Å²) in [6.45, 7) is 0.985. The van der Waals surface area contributed by atoms with Crippen molar-refractivity contribution in [1.29, 1.82) is 5.41 Å². The van der Waals surface area contributed by atoms with Crippen LogP contribution in [0.3, 0.4) is 0 Å². The van der Waals surface area contributed by atoms with Gasteiger partial charge in [0.2, 0.25) is 0 Å². The van der Waals surface area contributed by atoms with Gasteiger partial charge in [-0.25, -0.2) is 4.39 Å². The SMILES string of the molecule is N=Cc1cc2c(cc1N)c(-c1ccc(O)c(C(F)(F)F)c1)c(C1CCOCC1)n2-c1ccc(F)cc1. The van der Waals surface area contributed by atoms with Crippen LogP contribution in [0.25, 0.3) is 27.7 Å². The fourth-order valence-electron chi connectivity index (χ4n) is 4.96. The summed E-state index contributed by atoms with van der Waals surface area (Å²) in [5, 5.41) is 18.3. The zero-order chi connectivity index (χ0) is 25.6. The van der Waals surface area contributed by atoms with Gasteiger partial charge in [-0.2, -0.15) is 13.2 Å². The lowest BCUT2D eigenvalue weighted by Crippen LogP contribution is -2.17. The van der Waals surface area contributed by atoms with Crippen molar-refractivity contribution in [2.75, 3.05) is 18.9 Å². The van der Waals surface area contributed by atoms with Crippen molar-refractivity contribution in [3.63, 3.8) is 0 Å². The molecule has 5 rings (SSSR count). The standard InChI is InChI=1S/C27H23F4N3O2/c28-18-2-4-19(5-3-18)34-23-12-17(14-32)22(33)13-20(23)25(26(34)15-7-9-36-10-8-15)16-1-6-24(35)21(11-16)27(29,30)31/h1-6,11-15,32,35H,7-10,33H2. The number of aromatic hydroxyl groups is 1. The molecule has 0 spiro atoms. The van der Waals surface area contributed by atoms with Crippen LogP contribution < -0.4 is 5.73 Å². The maximum absolute atomic E-state index is 13.8. The van der Waals surface area contributed by atoms with Gasteiger partial charge in [-0.3, -0.25) is 0 Å². The lowest BCUT2D eigenvalue weighted by molar-refractivity contribution is -0.138. The largest absolute Gasteiger partial charge is 0.507 e. The molecule has 0 saturated carbocycles. The Morgan fingerprint density at radius 2 is 1.72 bits per heavy atom. The number of nitrogens with zero attached hydrogens (tertiary/aromatic N) is 1. The number of aromatic nitrogens is 1. The van der Waals surface area contributed by atoms with Gasteiger partial charge in [0.15, 0.2) is 0 Å². The smallest absolute Gasteiger partial charge is 0.419 e. The normalized spacial score (nSPS) is 14.9. The average Bonchev–Trinajstić information content (AvgIpc) is 3.18. The third-order valence-corrected chi connectivity index (χ3v) is 6.65. The average molecular weight is 497 g/mol. The minimum Gasteiger partial charge on any atom is -0.507 e. The first-order valence-electron chi connectivity index (χ1n) is 11.4. The summed E-state index contributed by atoms with van der Waals surface area (Å²) in [6, 6.07) is 12.7. The molecular weight excluding hydrogens is 474 g/mol. The number of nitrogen functional groups attached to an aromatic ring is 1. The number of anilines is 1. The van der Waals surface area contributed by atoms with E-state index < -0.39 is 23.3 Å². The molecule has 1 aliphatic heterocycles. The summed E-state index contributed by atoms with van der Waals surface area (Å²) in [4.78, 5) is 0. The lowest BCUT2D eigenvalue weighted by Gasteiger charge is -2.26. The number of ether oxygens (including phenoxy) is 1. The molecule has 1 saturated heterocycles. The van der Waals surface area contributed by atoms with E-state index in [-0.39, 0.29) is 11.5 Å². The van der Waals surface area contributed by atoms with Crippen molar-refractivity contribution in [2.24, 2.45) is 0 Å². The number of hydrogen-bond donors (Lipinski definition) is 3. The predicted molar refractivity (Wildman–Crippen MR) is 130 cm³/mol. The number of alkyl halides is 3. The Bertz CT molecular complexity index is 1450. The van der Waals surface area contributed by atoms with Crippen molar-refractivity contribution < 1.29 is 27.4 Å². The predicted octanol–water partition coefficient (Wildman–Crippen LogP) is 6.63. The van der Waals surface area contributed by atoms with Gasteiger partial charge in [0.1, 0.15) is 11.6 Å². The molecule has 0 radical (unpaired) electrons. The lowest BCUT2D eigenvalue weighted by atomic mass is 9.89. The molecule has 2 heterocycles. The highest BCUT2D eigenvalue weighted by Crippen LogP contribution is 2.46. The third-order valence-electron chi connectivity index (χ3n) is 6.65. The van der Waals surface area contributed by atoms with Crippen LogP contribution in [-0.2, 0) is 10.9 Å². The molecule has 0 atom stereocenters. The fourth-order valence-corrected chi connectivity index (χ4v) is 4.96. The molecule has 1 fully saturated rings. The van der Waals surface area contributed by atoms with E-state index in [4.69, 9.17) is 15.9 Å². The van der Waals surface area contributed by atoms with Crippen LogP contribution in [0.5, 0.6) is 5.75 Å². The van der Waals surface area contributed by atoms with E-state index in [1.165, 1.54) is 18.2 Å². The van der Waals surface area contributed by atoms with Crippen LogP contribution >= 0.6 is 0 Å². The Morgan fingerprint density at radius 3 is 2.36 bits per heavy atom. The molecule has 0 aliphatic carbocycles. The van der Waals surface area contributed by atoms with Gasteiger partial charge < -0.3 is 25.6 Å². The Balaban J connectivity index is 1.92. The molecule has 1 aromatic heterocycles. The topological polar surface area (TPSA) is 84.3 Å². The highest BCUT2D eigenvalue weighted by atomic mass is 19.4. The first-order valence-corrected chi connectivity index (χ1v) is 11.4. The second kappa shape index (κ2) is 8.98. The minimum atomic E-state index is -4.75. The van der Waals surface area contributed by atoms with E-state index in [0.717, 1.165) is 24.0 Å². The minimum absolute atomic E-state index is 0.0704. The van der Waals surface area contributed by atoms with E-state index in [0.29, 0.717) is 59.5 Å². The van der Waals surface area contributed by atoms with E-state index in [9.17, 15) is 22.7 Å². The molecular formula is C27H23F4N3O2. The Morgan fingerprint density at radius 1 is 1.03 bits per heavy atom. The number of rotatable bonds is 4. The van der Waals surface area contributed by atoms with Crippen LogP contribution in [0.4, 0.5) is 23.2 Å². The number of phenols is 1. The highest BCUT2D eigenvalue weighted by molar-refractivity contribution is 6.04. The van der Waals surface area contributed by atoms with Crippen LogP contribution in [-0.4, -0.2) is 29.1 Å². The molecule has 5 nitrogen and oxygen atoms in total. The maximum Gasteiger partial charge on any atom is 0.419 e. The first-order chi connectivity index (χ1) is 17.2. The van der Waals surface area contributed by atoms with Gasteiger partial charge in [0, 0.05) is 58.9 Å². The molecule has 9 heteroatoms. The summed E-state index contributed by atoms with van der Waals surface area (Å²) in [5.41, 5.74) is 8.68. The third kappa shape index (κ3) is 4.09. The van der Waals surface area contributed by atoms with E-state index in [1.807, 2.05) is 4.57 Å². The van der Waals surface area contributed by atoms with Crippen molar-refractivity contribution in [3.05, 3.63) is 77.2 Å². The zero-order valence-electron chi connectivity index (χ0n) is 19.1. The van der Waals surface area contributed by atoms with Gasteiger partial charge >= 0.3 is 6.18 Å². The number of hydrogen-bond acceptors (Lipinski definition) is 4. The second-order valence-electron chi connectivity index (χ2n) is 8.83. The molecule has 1 aliphatic rings. The van der Waals surface area contributed by atoms with E-state index in [1.54, 1.807) is 24.3 Å². The first kappa shape index (κ1) is 23.9. The van der Waals surface area contributed by atoms with Gasteiger partial charge in [0.05, 0.1) is 11.1 Å². The summed E-state index contributed by atoms with van der Waals surface area (Å²) >= 11 is 0. The summed E-state index contributed by atoms with van der Waals surface area (Å²) < 4.78 is 62.4. The van der Waals surface area contributed by atoms with E-state index >= 15 is 0 Å². The monoisotopic (exact) mass is 497 g/mol. The van der Waals surface area contributed by atoms with Gasteiger partial charge in [-0.1, -0.05) is 6.07 Å². The molecule has 3 aromatic carbocycles. The molecule has 0 bridgehead atoms. The zero-order valence-corrected chi connectivity index (χ0v) is 19.1. The number of phenolic OH excluding ortho intramolecular Hbond substituents is 1. The summed E-state index contributed by atoms with van der Waals surface area (Å²) in [7, 11) is 0. The quantitative estimate of drug-likeness (QED) is 0.168. The summed E-state index contributed by atoms with van der Waals surface area (Å²) in [5.74, 6) is -1.34. The number of benzene rings is 3. The Hall–Kier alpha value is -3.85. The number of fused-ring (bicyclic) bond motifs is 1. The number of nitrogens with one attached hydrogen (secondary N) is 1. The van der Waals surface area contributed by atoms with Gasteiger partial charge in [-0.05, 0) is 66.9 Å². The van der Waals surface area contributed by atoms with Crippen molar-refractivity contribution in [3.8, 4) is 22.6 Å². The van der Waals surface area contributed by atoms with Crippen molar-refractivity contribution in [1.82, 2.24) is 4.57 Å². The Kier molecular flexibility index (Phi) is 5.96. The number of nitrogens with two attached hydrogens (primary N) is 1. The van der Waals surface area contributed by atoms with Gasteiger partial charge in [-0.15, -0.1) is 0 Å². The van der Waals surface area contributed by atoms with E-state index in [2.05, 4.69) is 0 Å². The van der Waals surface area contributed by atoms with Crippen LogP contribution in [0, 0.1) is 11.2 Å². The van der Waals surface area contributed by atoms with Gasteiger partial charge in [0.25, 0.3) is 0 Å². The summed E-state index contributed by atoms with van der Waals surface area (Å²) in [6.07, 6.45) is -2.35. The van der Waals surface area contributed by atoms with Crippen molar-refractivity contribution >= 4 is 22.8 Å². The molecule has 186 valence electrons. The van der Waals surface area contributed by atoms with Crippen LogP contribution in [0.2, 0.25) is 0 Å². The molecule has 4 aromatic rings. The molecule has 0 amide bonds. The molecule has 4 N–H and O–H groups in total. The number of halogens is 4. The maximum atomic E-state index is 13.8. The Labute approximate surface area is 204 Å². The fraction of sp³-hybridized carbons (Fsp3) is 0.222.